The third kappa shape index (κ3) is 11.0. The second-order valence-corrected chi connectivity index (χ2v) is 21.4. The molecule has 1 aliphatic carbocycles. The van der Waals surface area contributed by atoms with Crippen LogP contribution in [0.2, 0.25) is 0 Å². The molecule has 7 rings (SSSR count). The van der Waals surface area contributed by atoms with Gasteiger partial charge in [0.05, 0.1) is 58.8 Å². The van der Waals surface area contributed by atoms with Crippen molar-refractivity contribution in [1.29, 1.82) is 0 Å². The number of aromatic amines is 1. The number of anilines is 2. The molecule has 2 amide bonds. The van der Waals surface area contributed by atoms with Crippen LogP contribution in [0.25, 0.3) is 11.2 Å². The molecule has 2 fully saturated rings. The average molecular weight is 1020 g/mol. The highest BCUT2D eigenvalue weighted by Gasteiger charge is 2.73. The molecule has 71 heavy (non-hydrogen) atoms. The van der Waals surface area contributed by atoms with Gasteiger partial charge in [0.15, 0.2) is 28.5 Å². The molecule has 24 nitrogen and oxygen atoms in total. The van der Waals surface area contributed by atoms with Crippen LogP contribution in [-0.4, -0.2) is 155 Å². The number of nitrogens with two attached hydrogens (primary N) is 2. The van der Waals surface area contributed by atoms with Crippen molar-refractivity contribution < 1.29 is 53.2 Å². The Morgan fingerprint density at radius 2 is 1.75 bits per heavy atom. The molecular weight excluding hydrogens is 965 g/mol. The summed E-state index contributed by atoms with van der Waals surface area (Å²) in [5, 5.41) is 31.8. The standard InChI is InChI=1S/C45H56N12O12S2/c1-20-30(34(60)29-24(18-69-42(47)67)45(68-6)35-26(51-35)17-57(45)32(29)33(20)59)56-43(2,3)13-14-70-71-19-27(40(65)66)55-44(4,5)28(58)12-11-25(39(63)64)52-37(61)21-7-9-22(10-8-21)48-15-23-16-49-36-31(50-23)38(62)54-41(46)53-36/h7-10,16,20,24-27,35,48,51,55H,11-15,17-19H2,1-6H3,(H2,47,67)(H,52,61)(H,63,64)(H,65,66)(H3,46,49,53,54,62)/t20?,24-,25+,26+,27+,35+,45-/m1/s1. The normalized spacial score (nSPS) is 23.0. The van der Waals surface area contributed by atoms with Gasteiger partial charge in [-0.2, -0.15) is 4.98 Å². The van der Waals surface area contributed by atoms with Crippen LogP contribution in [-0.2, 0) is 40.0 Å². The van der Waals surface area contributed by atoms with E-state index in [9.17, 15) is 48.6 Å². The third-order valence-corrected chi connectivity index (χ3v) is 15.4. The number of rotatable bonds is 23. The minimum absolute atomic E-state index is 0.0213. The number of nitrogen functional groups attached to an aromatic ring is 1. The summed E-state index contributed by atoms with van der Waals surface area (Å²) in [5.74, 6) is -5.64. The monoisotopic (exact) mass is 1020 g/mol. The Kier molecular flexibility index (Phi) is 15.3. The highest BCUT2D eigenvalue weighted by molar-refractivity contribution is 8.76. The molecular formula is C45H56N12O12S2. The summed E-state index contributed by atoms with van der Waals surface area (Å²) in [4.78, 5) is 125. The Morgan fingerprint density at radius 3 is 2.41 bits per heavy atom. The number of hydrogen-bond donors (Lipinski definition) is 9. The van der Waals surface area contributed by atoms with Crippen LogP contribution in [0.3, 0.4) is 0 Å². The van der Waals surface area contributed by atoms with E-state index < -0.39 is 81.8 Å². The number of aliphatic imine (C=N–C) groups is 1. The van der Waals surface area contributed by atoms with Gasteiger partial charge in [0.2, 0.25) is 11.7 Å². The lowest BCUT2D eigenvalue weighted by Crippen LogP contribution is -2.55. The number of aliphatic carboxylic acids is 2. The Bertz CT molecular complexity index is 2790. The number of ketones is 3. The number of fused-ring (bicyclic) bond motifs is 5. The van der Waals surface area contributed by atoms with E-state index >= 15 is 0 Å². The first kappa shape index (κ1) is 52.3. The lowest BCUT2D eigenvalue weighted by Gasteiger charge is -2.39. The van der Waals surface area contributed by atoms with Gasteiger partial charge in [-0.15, -0.1) is 0 Å². The highest BCUT2D eigenvalue weighted by atomic mass is 33.1. The van der Waals surface area contributed by atoms with Crippen molar-refractivity contribution in [2.45, 2.75) is 101 Å². The van der Waals surface area contributed by atoms with Crippen LogP contribution in [0.5, 0.6) is 0 Å². The first-order valence-corrected chi connectivity index (χ1v) is 25.1. The van der Waals surface area contributed by atoms with Crippen molar-refractivity contribution in [3.05, 3.63) is 63.3 Å². The summed E-state index contributed by atoms with van der Waals surface area (Å²) in [6.45, 7) is 8.66. The summed E-state index contributed by atoms with van der Waals surface area (Å²) in [6, 6.07) is 3.39. The van der Waals surface area contributed by atoms with Gasteiger partial charge in [0, 0.05) is 54.4 Å². The van der Waals surface area contributed by atoms with Crippen molar-refractivity contribution in [3.8, 4) is 0 Å². The number of primary amides is 1. The number of nitrogens with zero attached hydrogens (tertiary/aromatic N) is 5. The number of methoxy groups -OCH3 is 1. The average Bonchev–Trinajstić information content (AvgIpc) is 3.93. The number of carboxylic acids is 2. The maximum atomic E-state index is 14.3. The Labute approximate surface area is 414 Å². The predicted octanol–water partition coefficient (Wildman–Crippen LogP) is 1.02. The van der Waals surface area contributed by atoms with E-state index in [2.05, 4.69) is 41.2 Å². The quantitative estimate of drug-likeness (QED) is 0.0364. The van der Waals surface area contributed by atoms with Gasteiger partial charge < -0.3 is 52.0 Å². The number of benzene rings is 1. The zero-order valence-corrected chi connectivity index (χ0v) is 41.3. The first-order valence-electron chi connectivity index (χ1n) is 22.6. The van der Waals surface area contributed by atoms with E-state index in [1.807, 2.05) is 18.7 Å². The molecule has 1 aromatic carbocycles. The highest BCUT2D eigenvalue weighted by Crippen LogP contribution is 2.55. The summed E-state index contributed by atoms with van der Waals surface area (Å²) in [6.07, 6.45) is 0.290. The molecule has 0 radical (unpaired) electrons. The number of carboxylic acid groups (broad SMARTS) is 2. The van der Waals surface area contributed by atoms with Crippen LogP contribution in [0.15, 0.2) is 51.5 Å². The molecule has 1 unspecified atom stereocenters. The molecule has 0 bridgehead atoms. The number of nitrogens with one attached hydrogen (secondary N) is 5. The van der Waals surface area contributed by atoms with Crippen LogP contribution >= 0.6 is 21.6 Å². The first-order chi connectivity index (χ1) is 33.5. The SMILES string of the molecule is CO[C@@]12[C@H](COC(N)=O)C3=C(C(=O)C(C)C(=NC(C)(C)CCSSC[C@H](NC(C)(C)C(=O)CC[C@H](NC(=O)c4ccc(NCc5cnc6nc(N)[nH]c(=O)c6n5)cc4)C(=O)O)C(=O)O)C3=O)N1C[C@@H]1N[C@@H]12. The van der Waals surface area contributed by atoms with Gasteiger partial charge in [-0.05, 0) is 71.7 Å². The molecule has 7 atom stereocenters. The minimum atomic E-state index is -1.43. The largest absolute Gasteiger partial charge is 0.480 e. The van der Waals surface area contributed by atoms with Gasteiger partial charge in [-0.25, -0.2) is 19.6 Å². The fraction of sp³-hybridized carbons (Fsp3) is 0.511. The predicted molar refractivity (Wildman–Crippen MR) is 261 cm³/mol. The van der Waals surface area contributed by atoms with E-state index in [1.54, 1.807) is 19.1 Å². The summed E-state index contributed by atoms with van der Waals surface area (Å²) in [5.41, 5.74) is 8.82. The Morgan fingerprint density at radius 1 is 1.04 bits per heavy atom. The maximum Gasteiger partial charge on any atom is 0.404 e. The van der Waals surface area contributed by atoms with Crippen LogP contribution in [0.4, 0.5) is 16.4 Å². The van der Waals surface area contributed by atoms with E-state index in [4.69, 9.17) is 25.9 Å². The van der Waals surface area contributed by atoms with Gasteiger partial charge >= 0.3 is 18.0 Å². The van der Waals surface area contributed by atoms with E-state index in [0.29, 0.717) is 30.1 Å². The number of amides is 2. The number of hydrogen-bond acceptors (Lipinski definition) is 21. The number of piperazine rings is 1. The number of carbonyl (C=O) groups is 7. The van der Waals surface area contributed by atoms with Crippen molar-refractivity contribution in [1.82, 2.24) is 40.8 Å². The fourth-order valence-electron chi connectivity index (χ4n) is 9.14. The number of ether oxygens (including phenoxy) is 2. The summed E-state index contributed by atoms with van der Waals surface area (Å²) < 4.78 is 11.2. The molecule has 26 heteroatoms. The Balaban J connectivity index is 0.874. The second-order valence-electron chi connectivity index (χ2n) is 18.7. The van der Waals surface area contributed by atoms with Crippen molar-refractivity contribution in [2.24, 2.45) is 22.6 Å². The van der Waals surface area contributed by atoms with Crippen LogP contribution in [0.1, 0.15) is 69.9 Å². The lowest BCUT2D eigenvalue weighted by atomic mass is 9.78. The second kappa shape index (κ2) is 20.7. The molecule has 3 aromatic rings. The third-order valence-electron chi connectivity index (χ3n) is 13.0. The topological polar surface area (TPSA) is 376 Å². The van der Waals surface area contributed by atoms with Gasteiger partial charge in [-0.1, -0.05) is 21.6 Å². The molecule has 3 aliphatic heterocycles. The molecule has 2 aromatic heterocycles. The molecule has 2 saturated heterocycles. The summed E-state index contributed by atoms with van der Waals surface area (Å²) in [7, 11) is 4.12. The maximum absolute atomic E-state index is 14.3. The van der Waals surface area contributed by atoms with E-state index in [-0.39, 0.29) is 89.3 Å². The van der Waals surface area contributed by atoms with Gasteiger partial charge in [0.25, 0.3) is 11.5 Å². The fourth-order valence-corrected chi connectivity index (χ4v) is 11.6. The lowest BCUT2D eigenvalue weighted by molar-refractivity contribution is -0.140. The molecule has 380 valence electrons. The smallest absolute Gasteiger partial charge is 0.404 e. The molecule has 0 spiro atoms. The molecule has 11 N–H and O–H groups in total. The number of aromatic nitrogens is 4. The minimum Gasteiger partial charge on any atom is -0.480 e. The zero-order chi connectivity index (χ0) is 51.7. The van der Waals surface area contributed by atoms with Crippen molar-refractivity contribution in [2.75, 3.05) is 42.8 Å². The number of H-pyrrole nitrogens is 1. The molecule has 5 heterocycles. The van der Waals surface area contributed by atoms with Gasteiger partial charge in [0.1, 0.15) is 18.7 Å². The number of carbonyl (C=O) groups excluding carboxylic acids is 5. The molecule has 0 saturated carbocycles. The van der Waals surface area contributed by atoms with Crippen LogP contribution < -0.4 is 38.3 Å². The Hall–Kier alpha value is -6.48. The van der Waals surface area contributed by atoms with Crippen molar-refractivity contribution >= 4 is 91.4 Å². The molecule has 4 aliphatic rings. The zero-order valence-electron chi connectivity index (χ0n) is 39.7. The van der Waals surface area contributed by atoms with Crippen LogP contribution in [0, 0.1) is 11.8 Å². The van der Waals surface area contributed by atoms with Crippen molar-refractivity contribution in [3.63, 3.8) is 0 Å². The number of allylic oxidation sites excluding steroid dienone is 1. The number of Topliss-reactive ketones (excluding diaryl/α,β-unsaturated/α-hetero) is 3. The van der Waals surface area contributed by atoms with E-state index in [0.717, 1.165) is 0 Å². The van der Waals surface area contributed by atoms with E-state index in [1.165, 1.54) is 60.9 Å². The van der Waals surface area contributed by atoms with Gasteiger partial charge in [-0.3, -0.25) is 44.1 Å². The summed E-state index contributed by atoms with van der Waals surface area (Å²) >= 11 is 0.